The number of carbonyl (C=O) groups excluding carboxylic acids is 1. The Morgan fingerprint density at radius 2 is 2.04 bits per heavy atom. The number of ether oxygens (including phenoxy) is 1. The van der Waals surface area contributed by atoms with Gasteiger partial charge in [0.2, 0.25) is 0 Å². The van der Waals surface area contributed by atoms with Gasteiger partial charge in [0.05, 0.1) is 22.8 Å². The number of aliphatic hydroxyl groups excluding tert-OH is 1. The number of aromatic amines is 1. The van der Waals surface area contributed by atoms with Crippen LogP contribution in [-0.2, 0) is 6.18 Å². The number of nitrogens with one attached hydrogen (secondary N) is 2. The van der Waals surface area contributed by atoms with E-state index in [1.165, 1.54) is 12.1 Å². The van der Waals surface area contributed by atoms with E-state index in [2.05, 4.69) is 15.5 Å². The van der Waals surface area contributed by atoms with Gasteiger partial charge in [0.25, 0.3) is 5.91 Å². The first-order chi connectivity index (χ1) is 12.8. The van der Waals surface area contributed by atoms with Crippen molar-refractivity contribution < 1.29 is 27.8 Å². The number of hydrogen-bond donors (Lipinski definition) is 3. The number of hydrogen-bond acceptors (Lipinski definition) is 4. The minimum absolute atomic E-state index is 0.0163. The van der Waals surface area contributed by atoms with Crippen molar-refractivity contribution in [3.63, 3.8) is 0 Å². The summed E-state index contributed by atoms with van der Waals surface area (Å²) in [5.41, 5.74) is 0.108. The normalized spacial score (nSPS) is 12.7. The van der Waals surface area contributed by atoms with Gasteiger partial charge in [-0.25, -0.2) is 0 Å². The van der Waals surface area contributed by atoms with Crippen molar-refractivity contribution in [2.45, 2.75) is 12.3 Å². The van der Waals surface area contributed by atoms with E-state index in [1.54, 1.807) is 24.4 Å². The lowest BCUT2D eigenvalue weighted by Crippen LogP contribution is -2.35. The molecule has 27 heavy (non-hydrogen) atoms. The number of fused-ring (bicyclic) bond motifs is 1. The van der Waals surface area contributed by atoms with Crippen LogP contribution in [0.1, 0.15) is 15.9 Å². The molecule has 0 radical (unpaired) electrons. The van der Waals surface area contributed by atoms with Crippen LogP contribution in [0.15, 0.2) is 48.7 Å². The van der Waals surface area contributed by atoms with E-state index in [9.17, 15) is 23.1 Å². The molecule has 6 nitrogen and oxygen atoms in total. The topological polar surface area (TPSA) is 87.2 Å². The second kappa shape index (κ2) is 7.67. The van der Waals surface area contributed by atoms with Gasteiger partial charge in [-0.3, -0.25) is 9.89 Å². The molecular formula is C18H16F3N3O3. The molecule has 142 valence electrons. The number of halogens is 3. The van der Waals surface area contributed by atoms with E-state index in [4.69, 9.17) is 4.74 Å². The van der Waals surface area contributed by atoms with Crippen molar-refractivity contribution in [3.8, 4) is 5.75 Å². The quantitative estimate of drug-likeness (QED) is 0.615. The molecule has 0 saturated heterocycles. The van der Waals surface area contributed by atoms with Crippen molar-refractivity contribution in [1.29, 1.82) is 0 Å². The Balaban J connectivity index is 1.53. The molecule has 9 heteroatoms. The number of para-hydroxylation sites is 1. The number of alkyl halides is 3. The van der Waals surface area contributed by atoms with Crippen LogP contribution >= 0.6 is 0 Å². The maximum absolute atomic E-state index is 12.7. The van der Waals surface area contributed by atoms with Gasteiger partial charge in [-0.05, 0) is 24.3 Å². The van der Waals surface area contributed by atoms with Crippen molar-refractivity contribution in [3.05, 3.63) is 59.8 Å². The van der Waals surface area contributed by atoms with Gasteiger partial charge in [0.15, 0.2) is 0 Å². The fourth-order valence-electron chi connectivity index (χ4n) is 2.48. The molecular weight excluding hydrogens is 363 g/mol. The van der Waals surface area contributed by atoms with E-state index in [1.807, 2.05) is 0 Å². The molecule has 1 amide bonds. The predicted octanol–water partition coefficient (Wildman–Crippen LogP) is 2.75. The monoisotopic (exact) mass is 379 g/mol. The van der Waals surface area contributed by atoms with Gasteiger partial charge in [0, 0.05) is 11.9 Å². The maximum Gasteiger partial charge on any atom is 0.416 e. The molecule has 0 aliphatic carbocycles. The Morgan fingerprint density at radius 1 is 1.26 bits per heavy atom. The number of H-pyrrole nitrogens is 1. The molecule has 1 atom stereocenters. The smallest absolute Gasteiger partial charge is 0.416 e. The summed E-state index contributed by atoms with van der Waals surface area (Å²) in [6, 6.07) is 9.48. The fraction of sp³-hybridized carbons (Fsp3) is 0.222. The average Bonchev–Trinajstić information content (AvgIpc) is 3.12. The first kappa shape index (κ1) is 18.7. The number of aromatic nitrogens is 2. The number of rotatable bonds is 6. The molecule has 1 unspecified atom stereocenters. The Hall–Kier alpha value is -3.07. The van der Waals surface area contributed by atoms with Crippen LogP contribution < -0.4 is 10.1 Å². The summed E-state index contributed by atoms with van der Waals surface area (Å²) < 4.78 is 43.2. The summed E-state index contributed by atoms with van der Waals surface area (Å²) in [6.45, 7) is -0.391. The number of benzene rings is 2. The molecule has 3 N–H and O–H groups in total. The van der Waals surface area contributed by atoms with E-state index in [-0.39, 0.29) is 18.9 Å². The highest BCUT2D eigenvalue weighted by Crippen LogP contribution is 2.31. The van der Waals surface area contributed by atoms with Crippen LogP contribution in [0, 0.1) is 0 Å². The Bertz CT molecular complexity index is 940. The summed E-state index contributed by atoms with van der Waals surface area (Å²) in [7, 11) is 0. The lowest BCUT2D eigenvalue weighted by Gasteiger charge is -2.14. The minimum Gasteiger partial charge on any atom is -0.491 e. The highest BCUT2D eigenvalue weighted by Gasteiger charge is 2.30. The van der Waals surface area contributed by atoms with Gasteiger partial charge in [-0.1, -0.05) is 18.2 Å². The van der Waals surface area contributed by atoms with Crippen LogP contribution in [0.5, 0.6) is 5.75 Å². The first-order valence-electron chi connectivity index (χ1n) is 8.03. The number of nitrogens with zero attached hydrogens (tertiary/aromatic N) is 1. The standard InChI is InChI=1S/C18H16F3N3O3/c19-18(20,21)12-4-2-5-14(7-12)27-10-13(25)9-22-17(26)15-6-1-3-11-8-23-24-16(11)15/h1-8,13,25H,9-10H2,(H,22,26)(H,23,24). The third-order valence-electron chi connectivity index (χ3n) is 3.82. The largest absolute Gasteiger partial charge is 0.491 e. The van der Waals surface area contributed by atoms with Gasteiger partial charge < -0.3 is 15.2 Å². The van der Waals surface area contributed by atoms with E-state index in [0.717, 1.165) is 17.5 Å². The van der Waals surface area contributed by atoms with Crippen LogP contribution in [-0.4, -0.2) is 40.5 Å². The van der Waals surface area contributed by atoms with Crippen molar-refractivity contribution >= 4 is 16.8 Å². The molecule has 0 saturated carbocycles. The number of carbonyl (C=O) groups is 1. The van der Waals surface area contributed by atoms with Gasteiger partial charge in [0.1, 0.15) is 18.5 Å². The molecule has 1 aromatic heterocycles. The predicted molar refractivity (Wildman–Crippen MR) is 91.4 cm³/mol. The molecule has 3 aromatic rings. The van der Waals surface area contributed by atoms with Crippen LogP contribution in [0.4, 0.5) is 13.2 Å². The molecule has 0 spiro atoms. The van der Waals surface area contributed by atoms with Gasteiger partial charge in [-0.15, -0.1) is 0 Å². The average molecular weight is 379 g/mol. The highest BCUT2D eigenvalue weighted by molar-refractivity contribution is 6.05. The second-order valence-corrected chi connectivity index (χ2v) is 5.84. The zero-order valence-electron chi connectivity index (χ0n) is 14.0. The molecule has 2 aromatic carbocycles. The summed E-state index contributed by atoms with van der Waals surface area (Å²) in [5.74, 6) is -0.430. The second-order valence-electron chi connectivity index (χ2n) is 5.84. The molecule has 3 rings (SSSR count). The zero-order valence-corrected chi connectivity index (χ0v) is 14.0. The van der Waals surface area contributed by atoms with E-state index < -0.39 is 23.8 Å². The third-order valence-corrected chi connectivity index (χ3v) is 3.82. The SMILES string of the molecule is O=C(NCC(O)COc1cccc(C(F)(F)F)c1)c1cccc2cn[nH]c12. The molecule has 0 aliphatic heterocycles. The summed E-state index contributed by atoms with van der Waals surface area (Å²) in [6.07, 6.45) is -3.98. The zero-order chi connectivity index (χ0) is 19.4. The Labute approximate surface area is 152 Å². The van der Waals surface area contributed by atoms with Crippen molar-refractivity contribution in [2.75, 3.05) is 13.2 Å². The minimum atomic E-state index is -4.47. The van der Waals surface area contributed by atoms with Crippen LogP contribution in [0.3, 0.4) is 0 Å². The summed E-state index contributed by atoms with van der Waals surface area (Å²) in [4.78, 5) is 12.3. The highest BCUT2D eigenvalue weighted by atomic mass is 19.4. The van der Waals surface area contributed by atoms with E-state index >= 15 is 0 Å². The molecule has 0 bridgehead atoms. The molecule has 1 heterocycles. The lowest BCUT2D eigenvalue weighted by atomic mass is 10.1. The maximum atomic E-state index is 12.7. The Kier molecular flexibility index (Phi) is 5.31. The number of amides is 1. The van der Waals surface area contributed by atoms with Crippen molar-refractivity contribution in [2.24, 2.45) is 0 Å². The van der Waals surface area contributed by atoms with E-state index in [0.29, 0.717) is 11.1 Å². The fourth-order valence-corrected chi connectivity index (χ4v) is 2.48. The summed E-state index contributed by atoms with van der Waals surface area (Å²) >= 11 is 0. The molecule has 0 aliphatic rings. The first-order valence-corrected chi connectivity index (χ1v) is 8.03. The lowest BCUT2D eigenvalue weighted by molar-refractivity contribution is -0.137. The van der Waals surface area contributed by atoms with Crippen LogP contribution in [0.25, 0.3) is 10.9 Å². The van der Waals surface area contributed by atoms with Crippen molar-refractivity contribution in [1.82, 2.24) is 15.5 Å². The number of aliphatic hydroxyl groups is 1. The molecule has 0 fully saturated rings. The third kappa shape index (κ3) is 4.56. The Morgan fingerprint density at radius 3 is 2.81 bits per heavy atom. The van der Waals surface area contributed by atoms with Crippen LogP contribution in [0.2, 0.25) is 0 Å². The van der Waals surface area contributed by atoms with Gasteiger partial charge in [-0.2, -0.15) is 18.3 Å². The summed E-state index contributed by atoms with van der Waals surface area (Å²) in [5, 5.41) is 19.9. The van der Waals surface area contributed by atoms with Gasteiger partial charge >= 0.3 is 6.18 Å².